The van der Waals surface area contributed by atoms with Gasteiger partial charge in [0.2, 0.25) is 0 Å². The van der Waals surface area contributed by atoms with Gasteiger partial charge in [-0.1, -0.05) is 5.16 Å². The third kappa shape index (κ3) is 4.91. The zero-order chi connectivity index (χ0) is 22.5. The van der Waals surface area contributed by atoms with Crippen LogP contribution in [0.4, 0.5) is 4.39 Å². The fraction of sp³-hybridized carbons (Fsp3) is 0.333. The highest BCUT2D eigenvalue weighted by Crippen LogP contribution is 2.34. The Labute approximate surface area is 185 Å². The van der Waals surface area contributed by atoms with Gasteiger partial charge in [-0.15, -0.1) is 0 Å². The van der Waals surface area contributed by atoms with Crippen molar-refractivity contribution in [2.75, 3.05) is 27.4 Å². The number of methoxy groups -OCH3 is 2. The molecule has 32 heavy (non-hydrogen) atoms. The quantitative estimate of drug-likeness (QED) is 0.519. The molecule has 168 valence electrons. The van der Waals surface area contributed by atoms with Crippen molar-refractivity contribution in [1.29, 1.82) is 0 Å². The van der Waals surface area contributed by atoms with Gasteiger partial charge in [-0.05, 0) is 55.3 Å². The van der Waals surface area contributed by atoms with Crippen molar-refractivity contribution < 1.29 is 27.9 Å². The number of benzene rings is 2. The van der Waals surface area contributed by atoms with Gasteiger partial charge in [0.25, 0.3) is 5.91 Å². The minimum Gasteiger partial charge on any atom is -0.497 e. The van der Waals surface area contributed by atoms with E-state index in [1.807, 2.05) is 0 Å². The number of nitrogens with zero attached hydrogens (tertiary/aromatic N) is 2. The smallest absolute Gasteiger partial charge is 0.254 e. The third-order valence-corrected chi connectivity index (χ3v) is 5.41. The molecule has 1 unspecified atom stereocenters. The van der Waals surface area contributed by atoms with Crippen molar-refractivity contribution in [1.82, 2.24) is 10.1 Å². The van der Waals surface area contributed by atoms with E-state index in [2.05, 4.69) is 5.16 Å². The lowest BCUT2D eigenvalue weighted by Gasteiger charge is -2.24. The molecule has 4 rings (SSSR count). The standard InChI is InChI=1S/C24H25FN2O5/c1-29-19-9-10-22(30-2)21(13-19)23-12-18(26-32-23)14-27(15-20-4-3-11-31-20)24(28)16-5-7-17(25)8-6-16/h5-10,12-13,20H,3-4,11,14-15H2,1-2H3. The third-order valence-electron chi connectivity index (χ3n) is 5.41. The molecule has 1 aromatic heterocycles. The average Bonchev–Trinajstić information content (AvgIpc) is 3.50. The number of hydrogen-bond acceptors (Lipinski definition) is 6. The molecule has 2 aromatic carbocycles. The number of carbonyl (C=O) groups excluding carboxylic acids is 1. The lowest BCUT2D eigenvalue weighted by molar-refractivity contribution is 0.0502. The Morgan fingerprint density at radius 2 is 1.97 bits per heavy atom. The summed E-state index contributed by atoms with van der Waals surface area (Å²) in [6.45, 7) is 1.33. The van der Waals surface area contributed by atoms with Gasteiger partial charge >= 0.3 is 0 Å². The second-order valence-corrected chi connectivity index (χ2v) is 7.58. The molecule has 2 heterocycles. The molecule has 0 spiro atoms. The minimum atomic E-state index is -0.388. The van der Waals surface area contributed by atoms with E-state index < -0.39 is 0 Å². The fourth-order valence-electron chi connectivity index (χ4n) is 3.74. The number of hydrogen-bond donors (Lipinski definition) is 0. The summed E-state index contributed by atoms with van der Waals surface area (Å²) in [5.41, 5.74) is 1.68. The van der Waals surface area contributed by atoms with Crippen LogP contribution in [0, 0.1) is 5.82 Å². The van der Waals surface area contributed by atoms with Crippen LogP contribution in [0.3, 0.4) is 0 Å². The molecule has 7 nitrogen and oxygen atoms in total. The summed E-state index contributed by atoms with van der Waals surface area (Å²) in [6, 6.07) is 12.7. The van der Waals surface area contributed by atoms with Crippen LogP contribution in [0.15, 0.2) is 53.1 Å². The maximum absolute atomic E-state index is 13.3. The first-order valence-corrected chi connectivity index (χ1v) is 10.4. The summed E-state index contributed by atoms with van der Waals surface area (Å²) in [5, 5.41) is 4.16. The van der Waals surface area contributed by atoms with Crippen LogP contribution in [0.2, 0.25) is 0 Å². The Bertz CT molecular complexity index is 1060. The molecule has 8 heteroatoms. The summed E-state index contributed by atoms with van der Waals surface area (Å²) in [4.78, 5) is 14.8. The van der Waals surface area contributed by atoms with Crippen LogP contribution in [-0.4, -0.2) is 49.4 Å². The Morgan fingerprint density at radius 1 is 1.16 bits per heavy atom. The van der Waals surface area contributed by atoms with Crippen LogP contribution < -0.4 is 9.47 Å². The van der Waals surface area contributed by atoms with E-state index in [1.165, 1.54) is 24.3 Å². The van der Waals surface area contributed by atoms with Crippen molar-refractivity contribution in [2.24, 2.45) is 0 Å². The van der Waals surface area contributed by atoms with Crippen LogP contribution >= 0.6 is 0 Å². The van der Waals surface area contributed by atoms with Crippen molar-refractivity contribution in [2.45, 2.75) is 25.5 Å². The SMILES string of the molecule is COc1ccc(OC)c(-c2cc(CN(CC3CCCO3)C(=O)c3ccc(F)cc3)no2)c1. The van der Waals surface area contributed by atoms with Gasteiger partial charge in [-0.2, -0.15) is 0 Å². The molecule has 0 radical (unpaired) electrons. The second-order valence-electron chi connectivity index (χ2n) is 7.58. The van der Waals surface area contributed by atoms with Gasteiger partial charge in [0, 0.05) is 24.8 Å². The Morgan fingerprint density at radius 3 is 2.66 bits per heavy atom. The molecule has 1 aliphatic rings. The number of carbonyl (C=O) groups is 1. The first-order valence-electron chi connectivity index (χ1n) is 10.4. The van der Waals surface area contributed by atoms with Gasteiger partial charge in [0.1, 0.15) is 23.0 Å². The monoisotopic (exact) mass is 440 g/mol. The Kier molecular flexibility index (Phi) is 6.70. The fourth-order valence-corrected chi connectivity index (χ4v) is 3.74. The Hall–Kier alpha value is -3.39. The van der Waals surface area contributed by atoms with E-state index in [0.29, 0.717) is 47.2 Å². The number of halogens is 1. The number of aromatic nitrogens is 1. The predicted molar refractivity (Wildman–Crippen MR) is 115 cm³/mol. The minimum absolute atomic E-state index is 0.0377. The molecule has 0 N–H and O–H groups in total. The molecular weight excluding hydrogens is 415 g/mol. The Balaban J connectivity index is 1.58. The largest absolute Gasteiger partial charge is 0.497 e. The summed E-state index contributed by atoms with van der Waals surface area (Å²) in [6.07, 6.45) is 1.81. The van der Waals surface area contributed by atoms with Crippen molar-refractivity contribution in [3.05, 3.63) is 65.6 Å². The van der Waals surface area contributed by atoms with Crippen LogP contribution in [0.25, 0.3) is 11.3 Å². The van der Waals surface area contributed by atoms with Crippen LogP contribution in [0.1, 0.15) is 28.9 Å². The van der Waals surface area contributed by atoms with E-state index in [9.17, 15) is 9.18 Å². The van der Waals surface area contributed by atoms with Gasteiger partial charge in [-0.3, -0.25) is 4.79 Å². The molecule has 1 atom stereocenters. The van der Waals surface area contributed by atoms with E-state index in [4.69, 9.17) is 18.7 Å². The van der Waals surface area contributed by atoms with Crippen molar-refractivity contribution >= 4 is 5.91 Å². The van der Waals surface area contributed by atoms with Gasteiger partial charge < -0.3 is 23.6 Å². The normalized spacial score (nSPS) is 15.5. The summed E-state index contributed by atoms with van der Waals surface area (Å²) in [5.74, 6) is 1.17. The molecular formula is C24H25FN2O5. The maximum Gasteiger partial charge on any atom is 0.254 e. The predicted octanol–water partition coefficient (Wildman–Crippen LogP) is 4.32. The highest BCUT2D eigenvalue weighted by atomic mass is 19.1. The zero-order valence-corrected chi connectivity index (χ0v) is 18.0. The van der Waals surface area contributed by atoms with Gasteiger partial charge in [0.05, 0.1) is 32.4 Å². The van der Waals surface area contributed by atoms with Crippen LogP contribution in [-0.2, 0) is 11.3 Å². The number of rotatable bonds is 8. The first-order chi connectivity index (χ1) is 15.6. The summed E-state index contributed by atoms with van der Waals surface area (Å²) in [7, 11) is 3.16. The van der Waals surface area contributed by atoms with E-state index in [1.54, 1.807) is 43.4 Å². The summed E-state index contributed by atoms with van der Waals surface area (Å²) >= 11 is 0. The van der Waals surface area contributed by atoms with Crippen molar-refractivity contribution in [3.8, 4) is 22.8 Å². The van der Waals surface area contributed by atoms with Gasteiger partial charge in [0.15, 0.2) is 5.76 Å². The molecule has 1 fully saturated rings. The maximum atomic E-state index is 13.3. The lowest BCUT2D eigenvalue weighted by atomic mass is 10.1. The highest BCUT2D eigenvalue weighted by molar-refractivity contribution is 5.94. The lowest BCUT2D eigenvalue weighted by Crippen LogP contribution is -2.37. The molecule has 0 aliphatic carbocycles. The van der Waals surface area contributed by atoms with Gasteiger partial charge in [-0.25, -0.2) is 4.39 Å². The van der Waals surface area contributed by atoms with E-state index >= 15 is 0 Å². The van der Waals surface area contributed by atoms with Crippen molar-refractivity contribution in [3.63, 3.8) is 0 Å². The molecule has 1 saturated heterocycles. The summed E-state index contributed by atoms with van der Waals surface area (Å²) < 4.78 is 35.3. The molecule has 1 aliphatic heterocycles. The zero-order valence-electron chi connectivity index (χ0n) is 18.0. The molecule has 3 aromatic rings. The second kappa shape index (κ2) is 9.82. The first kappa shape index (κ1) is 21.8. The number of ether oxygens (including phenoxy) is 3. The molecule has 1 amide bonds. The molecule has 0 saturated carbocycles. The number of amides is 1. The van der Waals surface area contributed by atoms with E-state index in [0.717, 1.165) is 12.8 Å². The van der Waals surface area contributed by atoms with Crippen LogP contribution in [0.5, 0.6) is 11.5 Å². The molecule has 0 bridgehead atoms. The average molecular weight is 440 g/mol. The topological polar surface area (TPSA) is 74.0 Å². The van der Waals surface area contributed by atoms with E-state index in [-0.39, 0.29) is 24.4 Å². The highest BCUT2D eigenvalue weighted by Gasteiger charge is 2.25.